The Morgan fingerprint density at radius 3 is 2.50 bits per heavy atom. The highest BCUT2D eigenvalue weighted by molar-refractivity contribution is 5.30. The molecule has 0 radical (unpaired) electrons. The Hall–Kier alpha value is -1.02. The Bertz CT molecular complexity index is 374. The molecule has 2 unspecified atom stereocenters. The van der Waals surface area contributed by atoms with Gasteiger partial charge in [0.1, 0.15) is 5.75 Å². The van der Waals surface area contributed by atoms with E-state index in [0.29, 0.717) is 12.0 Å². The monoisotopic (exact) mass is 275 g/mol. The highest BCUT2D eigenvalue weighted by Gasteiger charge is 2.24. The molecule has 1 N–H and O–H groups in total. The van der Waals surface area contributed by atoms with Gasteiger partial charge in [-0.15, -0.1) is 0 Å². The molecule has 1 aliphatic rings. The Labute approximate surface area is 123 Å². The van der Waals surface area contributed by atoms with Crippen LogP contribution in [-0.4, -0.2) is 19.2 Å². The lowest BCUT2D eigenvalue weighted by Crippen LogP contribution is -2.34. The van der Waals surface area contributed by atoms with Crippen LogP contribution in [0.2, 0.25) is 0 Å². The molecular formula is C18H29NO. The van der Waals surface area contributed by atoms with Gasteiger partial charge < -0.3 is 10.1 Å². The van der Waals surface area contributed by atoms with Crippen LogP contribution in [0.25, 0.3) is 0 Å². The van der Waals surface area contributed by atoms with Crippen molar-refractivity contribution in [1.82, 2.24) is 5.32 Å². The molecule has 1 fully saturated rings. The average Bonchev–Trinajstić information content (AvgIpc) is 2.72. The van der Waals surface area contributed by atoms with Crippen molar-refractivity contribution in [1.29, 1.82) is 0 Å². The number of nitrogens with one attached hydrogen (secondary N) is 1. The summed E-state index contributed by atoms with van der Waals surface area (Å²) in [6, 6.07) is 9.43. The van der Waals surface area contributed by atoms with Crippen LogP contribution in [-0.2, 0) is 0 Å². The third-order valence-electron chi connectivity index (χ3n) is 4.29. The van der Waals surface area contributed by atoms with E-state index in [1.54, 1.807) is 0 Å². The SMILES string of the molecule is CCCNC1CCCCCC1c1ccc(OCC)cc1. The summed E-state index contributed by atoms with van der Waals surface area (Å²) < 4.78 is 5.55. The van der Waals surface area contributed by atoms with Gasteiger partial charge in [-0.2, -0.15) is 0 Å². The highest BCUT2D eigenvalue weighted by Crippen LogP contribution is 2.32. The van der Waals surface area contributed by atoms with E-state index in [9.17, 15) is 0 Å². The molecule has 0 spiro atoms. The van der Waals surface area contributed by atoms with E-state index < -0.39 is 0 Å². The fourth-order valence-electron chi connectivity index (χ4n) is 3.26. The van der Waals surface area contributed by atoms with Crippen molar-refractivity contribution in [2.75, 3.05) is 13.2 Å². The zero-order chi connectivity index (χ0) is 14.2. The molecule has 1 saturated carbocycles. The van der Waals surface area contributed by atoms with Gasteiger partial charge in [0.2, 0.25) is 0 Å². The maximum atomic E-state index is 5.55. The van der Waals surface area contributed by atoms with Crippen molar-refractivity contribution in [3.8, 4) is 5.75 Å². The van der Waals surface area contributed by atoms with E-state index >= 15 is 0 Å². The second-order valence-corrected chi connectivity index (χ2v) is 5.81. The Morgan fingerprint density at radius 1 is 1.05 bits per heavy atom. The summed E-state index contributed by atoms with van der Waals surface area (Å²) in [5.74, 6) is 1.66. The standard InChI is InChI=1S/C18H29NO/c1-3-14-19-18-9-7-5-6-8-17(18)15-10-12-16(13-11-15)20-4-2/h10-13,17-19H,3-9,14H2,1-2H3. The van der Waals surface area contributed by atoms with Gasteiger partial charge in [-0.25, -0.2) is 0 Å². The zero-order valence-electron chi connectivity index (χ0n) is 13.0. The van der Waals surface area contributed by atoms with Crippen LogP contribution >= 0.6 is 0 Å². The van der Waals surface area contributed by atoms with Crippen LogP contribution in [0.1, 0.15) is 63.9 Å². The van der Waals surface area contributed by atoms with Crippen molar-refractivity contribution in [2.24, 2.45) is 0 Å². The van der Waals surface area contributed by atoms with Crippen LogP contribution < -0.4 is 10.1 Å². The second kappa shape index (κ2) is 8.31. The minimum Gasteiger partial charge on any atom is -0.494 e. The lowest BCUT2D eigenvalue weighted by atomic mass is 9.87. The van der Waals surface area contributed by atoms with Crippen LogP contribution in [0, 0.1) is 0 Å². The van der Waals surface area contributed by atoms with Gasteiger partial charge in [0.15, 0.2) is 0 Å². The van der Waals surface area contributed by atoms with Gasteiger partial charge in [-0.05, 0) is 56.3 Å². The number of benzene rings is 1. The molecule has 0 aromatic heterocycles. The topological polar surface area (TPSA) is 21.3 Å². The van der Waals surface area contributed by atoms with E-state index in [1.165, 1.54) is 44.1 Å². The molecule has 1 aliphatic carbocycles. The Morgan fingerprint density at radius 2 is 1.80 bits per heavy atom. The van der Waals surface area contributed by atoms with Crippen LogP contribution in [0.15, 0.2) is 24.3 Å². The third kappa shape index (κ3) is 4.24. The van der Waals surface area contributed by atoms with Gasteiger partial charge in [-0.3, -0.25) is 0 Å². The second-order valence-electron chi connectivity index (χ2n) is 5.81. The van der Waals surface area contributed by atoms with Crippen molar-refractivity contribution < 1.29 is 4.74 Å². The molecule has 1 aromatic rings. The summed E-state index contributed by atoms with van der Waals surface area (Å²) in [4.78, 5) is 0. The molecule has 20 heavy (non-hydrogen) atoms. The number of hydrogen-bond donors (Lipinski definition) is 1. The lowest BCUT2D eigenvalue weighted by molar-refractivity contribution is 0.339. The molecule has 2 rings (SSSR count). The van der Waals surface area contributed by atoms with Crippen molar-refractivity contribution in [3.05, 3.63) is 29.8 Å². The first-order valence-corrected chi connectivity index (χ1v) is 8.31. The van der Waals surface area contributed by atoms with Gasteiger partial charge in [0, 0.05) is 6.04 Å². The molecule has 0 aliphatic heterocycles. The Balaban J connectivity index is 2.08. The van der Waals surface area contributed by atoms with E-state index in [0.717, 1.165) is 18.9 Å². The van der Waals surface area contributed by atoms with Crippen molar-refractivity contribution in [3.63, 3.8) is 0 Å². The number of hydrogen-bond acceptors (Lipinski definition) is 2. The lowest BCUT2D eigenvalue weighted by Gasteiger charge is -2.27. The number of ether oxygens (including phenoxy) is 1. The van der Waals surface area contributed by atoms with Crippen LogP contribution in [0.3, 0.4) is 0 Å². The molecule has 2 heteroatoms. The fraction of sp³-hybridized carbons (Fsp3) is 0.667. The molecule has 0 amide bonds. The largest absolute Gasteiger partial charge is 0.494 e. The smallest absolute Gasteiger partial charge is 0.119 e. The predicted octanol–water partition coefficient (Wildman–Crippen LogP) is 4.50. The molecule has 0 saturated heterocycles. The molecule has 0 heterocycles. The summed E-state index contributed by atoms with van der Waals surface area (Å²) in [7, 11) is 0. The minimum atomic E-state index is 0.649. The first kappa shape index (κ1) is 15.4. The molecule has 2 atom stereocenters. The van der Waals surface area contributed by atoms with E-state index in [4.69, 9.17) is 4.74 Å². The first-order chi connectivity index (χ1) is 9.85. The summed E-state index contributed by atoms with van der Waals surface area (Å²) in [5.41, 5.74) is 1.48. The van der Waals surface area contributed by atoms with Crippen LogP contribution in [0.4, 0.5) is 0 Å². The molecule has 2 nitrogen and oxygen atoms in total. The summed E-state index contributed by atoms with van der Waals surface area (Å²) in [6.07, 6.45) is 7.97. The van der Waals surface area contributed by atoms with Crippen molar-refractivity contribution >= 4 is 0 Å². The molecular weight excluding hydrogens is 246 g/mol. The summed E-state index contributed by atoms with van der Waals surface area (Å²) >= 11 is 0. The minimum absolute atomic E-state index is 0.649. The maximum Gasteiger partial charge on any atom is 0.119 e. The maximum absolute atomic E-state index is 5.55. The van der Waals surface area contributed by atoms with Gasteiger partial charge in [0.25, 0.3) is 0 Å². The fourth-order valence-corrected chi connectivity index (χ4v) is 3.26. The highest BCUT2D eigenvalue weighted by atomic mass is 16.5. The first-order valence-electron chi connectivity index (χ1n) is 8.31. The van der Waals surface area contributed by atoms with E-state index in [2.05, 4.69) is 36.5 Å². The van der Waals surface area contributed by atoms with Crippen molar-refractivity contribution in [2.45, 2.75) is 64.3 Å². The summed E-state index contributed by atoms with van der Waals surface area (Å²) in [5, 5.41) is 3.77. The van der Waals surface area contributed by atoms with E-state index in [-0.39, 0.29) is 0 Å². The van der Waals surface area contributed by atoms with Crippen LogP contribution in [0.5, 0.6) is 5.75 Å². The third-order valence-corrected chi connectivity index (χ3v) is 4.29. The average molecular weight is 275 g/mol. The zero-order valence-corrected chi connectivity index (χ0v) is 13.0. The molecule has 0 bridgehead atoms. The molecule has 112 valence electrons. The summed E-state index contributed by atoms with van der Waals surface area (Å²) in [6.45, 7) is 6.15. The molecule has 1 aromatic carbocycles. The van der Waals surface area contributed by atoms with Gasteiger partial charge in [0.05, 0.1) is 6.61 Å². The Kier molecular flexibility index (Phi) is 6.38. The normalized spacial score (nSPS) is 23.3. The van der Waals surface area contributed by atoms with Gasteiger partial charge >= 0.3 is 0 Å². The number of rotatable bonds is 6. The quantitative estimate of drug-likeness (QED) is 0.772. The van der Waals surface area contributed by atoms with E-state index in [1.807, 2.05) is 6.92 Å². The van der Waals surface area contributed by atoms with Gasteiger partial charge in [-0.1, -0.05) is 38.3 Å². The predicted molar refractivity (Wildman–Crippen MR) is 85.5 cm³/mol.